The maximum absolute atomic E-state index is 9.51. The number of benzene rings is 1. The lowest BCUT2D eigenvalue weighted by Gasteiger charge is -2.31. The highest BCUT2D eigenvalue weighted by atomic mass is 16.5. The Balaban J connectivity index is 1.81. The highest BCUT2D eigenvalue weighted by molar-refractivity contribution is 5.48. The van der Waals surface area contributed by atoms with Crippen LogP contribution in [-0.4, -0.2) is 44.6 Å². The number of aliphatic hydroxyl groups excluding tert-OH is 1. The third-order valence-electron chi connectivity index (χ3n) is 3.58. The van der Waals surface area contributed by atoms with Crippen molar-refractivity contribution in [3.05, 3.63) is 29.8 Å². The van der Waals surface area contributed by atoms with E-state index >= 15 is 0 Å². The smallest absolute Gasteiger partial charge is 0.0587 e. The number of piperidine rings is 1. The van der Waals surface area contributed by atoms with E-state index in [0.717, 1.165) is 45.6 Å². The van der Waals surface area contributed by atoms with Crippen LogP contribution in [-0.2, 0) is 11.3 Å². The van der Waals surface area contributed by atoms with E-state index in [4.69, 9.17) is 4.74 Å². The van der Waals surface area contributed by atoms with E-state index in [0.29, 0.717) is 0 Å². The lowest BCUT2D eigenvalue weighted by Crippen LogP contribution is -2.35. The fourth-order valence-electron chi connectivity index (χ4n) is 2.36. The van der Waals surface area contributed by atoms with Gasteiger partial charge in [-0.1, -0.05) is 12.1 Å². The number of anilines is 1. The van der Waals surface area contributed by atoms with Gasteiger partial charge >= 0.3 is 0 Å². The van der Waals surface area contributed by atoms with E-state index in [1.165, 1.54) is 11.3 Å². The van der Waals surface area contributed by atoms with Gasteiger partial charge in [-0.3, -0.25) is 0 Å². The third kappa shape index (κ3) is 4.49. The number of hydrogen-bond donors (Lipinski definition) is 2. The highest BCUT2D eigenvalue weighted by Crippen LogP contribution is 2.20. The van der Waals surface area contributed by atoms with Crippen molar-refractivity contribution in [1.29, 1.82) is 0 Å². The van der Waals surface area contributed by atoms with Crippen molar-refractivity contribution in [2.75, 3.05) is 38.3 Å². The standard InChI is InChI=1S/C15H24N2O2/c1-19-11-8-16-12-13-2-4-14(5-3-13)17-9-6-15(18)7-10-17/h2-5,15-16,18H,6-12H2,1H3. The topological polar surface area (TPSA) is 44.7 Å². The normalized spacial score (nSPS) is 16.8. The second-order valence-electron chi connectivity index (χ2n) is 5.05. The van der Waals surface area contributed by atoms with Crippen molar-refractivity contribution in [3.8, 4) is 0 Å². The van der Waals surface area contributed by atoms with Crippen molar-refractivity contribution < 1.29 is 9.84 Å². The molecule has 19 heavy (non-hydrogen) atoms. The minimum Gasteiger partial charge on any atom is -0.393 e. The predicted octanol–water partition coefficient (Wildman–Crippen LogP) is 1.38. The Bertz CT molecular complexity index is 359. The summed E-state index contributed by atoms with van der Waals surface area (Å²) in [4.78, 5) is 2.34. The summed E-state index contributed by atoms with van der Waals surface area (Å²) in [7, 11) is 1.71. The van der Waals surface area contributed by atoms with Crippen LogP contribution in [0, 0.1) is 0 Å². The van der Waals surface area contributed by atoms with Gasteiger partial charge in [-0.15, -0.1) is 0 Å². The molecular weight excluding hydrogens is 240 g/mol. The molecule has 0 radical (unpaired) electrons. The van der Waals surface area contributed by atoms with Gasteiger partial charge in [0, 0.05) is 39.0 Å². The molecule has 0 atom stereocenters. The molecule has 4 nitrogen and oxygen atoms in total. The summed E-state index contributed by atoms with van der Waals surface area (Å²) in [5.74, 6) is 0. The van der Waals surface area contributed by atoms with Gasteiger partial charge in [0.25, 0.3) is 0 Å². The van der Waals surface area contributed by atoms with Gasteiger partial charge in [-0.25, -0.2) is 0 Å². The Morgan fingerprint density at radius 2 is 1.95 bits per heavy atom. The SMILES string of the molecule is COCCNCc1ccc(N2CCC(O)CC2)cc1. The summed E-state index contributed by atoms with van der Waals surface area (Å²) in [6, 6.07) is 8.68. The van der Waals surface area contributed by atoms with Crippen LogP contribution in [0.4, 0.5) is 5.69 Å². The minimum absolute atomic E-state index is 0.111. The third-order valence-corrected chi connectivity index (χ3v) is 3.58. The van der Waals surface area contributed by atoms with E-state index in [9.17, 15) is 5.11 Å². The number of nitrogens with zero attached hydrogens (tertiary/aromatic N) is 1. The monoisotopic (exact) mass is 264 g/mol. The van der Waals surface area contributed by atoms with Crippen molar-refractivity contribution >= 4 is 5.69 Å². The molecule has 2 rings (SSSR count). The van der Waals surface area contributed by atoms with Crippen molar-refractivity contribution in [2.45, 2.75) is 25.5 Å². The van der Waals surface area contributed by atoms with Crippen LogP contribution in [0.1, 0.15) is 18.4 Å². The molecule has 1 aromatic carbocycles. The predicted molar refractivity (Wildman–Crippen MR) is 77.5 cm³/mol. The van der Waals surface area contributed by atoms with Crippen LogP contribution in [0.2, 0.25) is 0 Å². The van der Waals surface area contributed by atoms with E-state index in [1.54, 1.807) is 7.11 Å². The van der Waals surface area contributed by atoms with Gasteiger partial charge < -0.3 is 20.1 Å². The molecule has 106 valence electrons. The Morgan fingerprint density at radius 3 is 2.58 bits per heavy atom. The minimum atomic E-state index is -0.111. The van der Waals surface area contributed by atoms with E-state index in [-0.39, 0.29) is 6.10 Å². The first-order valence-electron chi connectivity index (χ1n) is 7.01. The van der Waals surface area contributed by atoms with Gasteiger partial charge in [0.15, 0.2) is 0 Å². The molecule has 0 aliphatic carbocycles. The molecular formula is C15H24N2O2. The molecule has 2 N–H and O–H groups in total. The largest absolute Gasteiger partial charge is 0.393 e. The zero-order chi connectivity index (χ0) is 13.5. The Morgan fingerprint density at radius 1 is 1.26 bits per heavy atom. The van der Waals surface area contributed by atoms with Crippen LogP contribution in [0.15, 0.2) is 24.3 Å². The van der Waals surface area contributed by atoms with Crippen LogP contribution >= 0.6 is 0 Å². The maximum atomic E-state index is 9.51. The first-order chi connectivity index (χ1) is 9.29. The highest BCUT2D eigenvalue weighted by Gasteiger charge is 2.16. The molecule has 1 aromatic rings. The van der Waals surface area contributed by atoms with Gasteiger partial charge in [0.1, 0.15) is 0 Å². The van der Waals surface area contributed by atoms with Crippen LogP contribution < -0.4 is 10.2 Å². The van der Waals surface area contributed by atoms with E-state index in [1.807, 2.05) is 0 Å². The van der Waals surface area contributed by atoms with Gasteiger partial charge in [0.2, 0.25) is 0 Å². The fourth-order valence-corrected chi connectivity index (χ4v) is 2.36. The Labute approximate surface area is 115 Å². The van der Waals surface area contributed by atoms with Crippen LogP contribution in [0.25, 0.3) is 0 Å². The molecule has 0 aromatic heterocycles. The molecule has 1 aliphatic rings. The second kappa shape index (κ2) is 7.48. The zero-order valence-electron chi connectivity index (χ0n) is 11.6. The van der Waals surface area contributed by atoms with E-state index in [2.05, 4.69) is 34.5 Å². The average molecular weight is 264 g/mol. The van der Waals surface area contributed by atoms with Crippen molar-refractivity contribution in [3.63, 3.8) is 0 Å². The Hall–Kier alpha value is -1.10. The molecule has 1 heterocycles. The van der Waals surface area contributed by atoms with Gasteiger partial charge in [-0.05, 0) is 30.5 Å². The lowest BCUT2D eigenvalue weighted by atomic mass is 10.1. The summed E-state index contributed by atoms with van der Waals surface area (Å²) in [5.41, 5.74) is 2.55. The molecule has 1 fully saturated rings. The van der Waals surface area contributed by atoms with Gasteiger partial charge in [-0.2, -0.15) is 0 Å². The molecule has 0 unspecified atom stereocenters. The second-order valence-corrected chi connectivity index (χ2v) is 5.05. The number of hydrogen-bond acceptors (Lipinski definition) is 4. The summed E-state index contributed by atoms with van der Waals surface area (Å²) in [6.45, 7) is 4.40. The molecule has 0 bridgehead atoms. The quantitative estimate of drug-likeness (QED) is 0.762. The number of nitrogens with one attached hydrogen (secondary N) is 1. The van der Waals surface area contributed by atoms with Crippen LogP contribution in [0.5, 0.6) is 0 Å². The number of rotatable bonds is 6. The number of aliphatic hydroxyl groups is 1. The summed E-state index contributed by atoms with van der Waals surface area (Å²) < 4.78 is 5.00. The molecule has 0 spiro atoms. The molecule has 1 saturated heterocycles. The molecule has 1 aliphatic heterocycles. The number of ether oxygens (including phenoxy) is 1. The van der Waals surface area contributed by atoms with Crippen molar-refractivity contribution in [2.24, 2.45) is 0 Å². The summed E-state index contributed by atoms with van der Waals surface area (Å²) in [5, 5.41) is 12.8. The lowest BCUT2D eigenvalue weighted by molar-refractivity contribution is 0.145. The van der Waals surface area contributed by atoms with E-state index < -0.39 is 0 Å². The van der Waals surface area contributed by atoms with Crippen LogP contribution in [0.3, 0.4) is 0 Å². The maximum Gasteiger partial charge on any atom is 0.0587 e. The first kappa shape index (κ1) is 14.3. The zero-order valence-corrected chi connectivity index (χ0v) is 11.6. The molecule has 0 saturated carbocycles. The number of methoxy groups -OCH3 is 1. The Kier molecular flexibility index (Phi) is 5.63. The molecule has 0 amide bonds. The summed E-state index contributed by atoms with van der Waals surface area (Å²) >= 11 is 0. The van der Waals surface area contributed by atoms with Crippen molar-refractivity contribution in [1.82, 2.24) is 5.32 Å². The average Bonchev–Trinajstić information content (AvgIpc) is 2.45. The first-order valence-corrected chi connectivity index (χ1v) is 7.01. The van der Waals surface area contributed by atoms with Gasteiger partial charge in [0.05, 0.1) is 12.7 Å². The molecule has 4 heteroatoms. The summed E-state index contributed by atoms with van der Waals surface area (Å²) in [6.07, 6.45) is 1.64. The fraction of sp³-hybridized carbons (Fsp3) is 0.600.